The highest BCUT2D eigenvalue weighted by Gasteiger charge is 2.15. The molecular formula is C12H12N2OS2. The fraction of sp³-hybridized carbons (Fsp3) is 0.167. The van der Waals surface area contributed by atoms with Crippen LogP contribution in [0.3, 0.4) is 0 Å². The molecule has 1 amide bonds. The highest BCUT2D eigenvalue weighted by atomic mass is 32.1. The highest BCUT2D eigenvalue weighted by Crippen LogP contribution is 2.27. The van der Waals surface area contributed by atoms with E-state index in [1.54, 1.807) is 5.51 Å². The molecule has 0 spiro atoms. The van der Waals surface area contributed by atoms with Crippen molar-refractivity contribution in [3.8, 4) is 10.4 Å². The number of amides is 1. The Morgan fingerprint density at radius 1 is 1.35 bits per heavy atom. The molecule has 3 nitrogen and oxygen atoms in total. The number of carbonyl (C=O) groups excluding carboxylic acids is 1. The summed E-state index contributed by atoms with van der Waals surface area (Å²) in [6, 6.07) is 9.80. The Morgan fingerprint density at radius 3 is 2.82 bits per heavy atom. The number of thiol groups is 1. The molecule has 0 radical (unpaired) electrons. The van der Waals surface area contributed by atoms with E-state index in [0.717, 1.165) is 10.4 Å². The Morgan fingerprint density at radius 2 is 2.12 bits per heavy atom. The van der Waals surface area contributed by atoms with Crippen LogP contribution in [0.5, 0.6) is 0 Å². The van der Waals surface area contributed by atoms with Crippen molar-refractivity contribution in [3.63, 3.8) is 0 Å². The van der Waals surface area contributed by atoms with Gasteiger partial charge in [0.15, 0.2) is 0 Å². The Bertz CT molecular complexity index is 496. The summed E-state index contributed by atoms with van der Waals surface area (Å²) in [5, 5.41) is 2.77. The van der Waals surface area contributed by atoms with Gasteiger partial charge in [0.1, 0.15) is 5.69 Å². The van der Waals surface area contributed by atoms with Gasteiger partial charge < -0.3 is 5.32 Å². The summed E-state index contributed by atoms with van der Waals surface area (Å²) >= 11 is 5.53. The van der Waals surface area contributed by atoms with E-state index in [2.05, 4.69) is 22.9 Å². The first kappa shape index (κ1) is 12.1. The molecule has 2 aromatic rings. The molecule has 0 aliphatic heterocycles. The quantitative estimate of drug-likeness (QED) is 0.833. The normalized spacial score (nSPS) is 10.2. The third-order valence-corrected chi connectivity index (χ3v) is 3.32. The van der Waals surface area contributed by atoms with Crippen LogP contribution in [-0.2, 0) is 0 Å². The number of nitrogens with zero attached hydrogens (tertiary/aromatic N) is 1. The van der Waals surface area contributed by atoms with E-state index in [1.807, 2.05) is 30.3 Å². The zero-order valence-corrected chi connectivity index (χ0v) is 10.8. The maximum Gasteiger partial charge on any atom is 0.271 e. The van der Waals surface area contributed by atoms with E-state index >= 15 is 0 Å². The smallest absolute Gasteiger partial charge is 0.271 e. The van der Waals surface area contributed by atoms with Crippen molar-refractivity contribution >= 4 is 29.9 Å². The average molecular weight is 264 g/mol. The van der Waals surface area contributed by atoms with Gasteiger partial charge in [-0.15, -0.1) is 11.3 Å². The number of thiazole rings is 1. The lowest BCUT2D eigenvalue weighted by molar-refractivity contribution is 0.0952. The molecule has 0 saturated heterocycles. The van der Waals surface area contributed by atoms with Gasteiger partial charge in [0.05, 0.1) is 10.4 Å². The van der Waals surface area contributed by atoms with Crippen LogP contribution >= 0.6 is 24.0 Å². The van der Waals surface area contributed by atoms with Gasteiger partial charge in [0, 0.05) is 12.3 Å². The Balaban J connectivity index is 2.26. The molecule has 1 aromatic carbocycles. The first-order valence-corrected chi connectivity index (χ1v) is 6.72. The highest BCUT2D eigenvalue weighted by molar-refractivity contribution is 7.80. The fourth-order valence-electron chi connectivity index (χ4n) is 1.46. The third-order valence-electron chi connectivity index (χ3n) is 2.22. The van der Waals surface area contributed by atoms with Crippen molar-refractivity contribution < 1.29 is 4.79 Å². The maximum atomic E-state index is 11.9. The van der Waals surface area contributed by atoms with Crippen molar-refractivity contribution in [1.29, 1.82) is 0 Å². The van der Waals surface area contributed by atoms with Crippen LogP contribution in [0.2, 0.25) is 0 Å². The van der Waals surface area contributed by atoms with Gasteiger partial charge in [-0.1, -0.05) is 30.3 Å². The molecule has 1 aromatic heterocycles. The van der Waals surface area contributed by atoms with E-state index in [4.69, 9.17) is 0 Å². The van der Waals surface area contributed by atoms with E-state index in [-0.39, 0.29) is 5.91 Å². The number of rotatable bonds is 4. The lowest BCUT2D eigenvalue weighted by Crippen LogP contribution is -2.26. The third kappa shape index (κ3) is 2.87. The predicted octanol–water partition coefficient (Wildman–Crippen LogP) is 2.47. The topological polar surface area (TPSA) is 42.0 Å². The van der Waals surface area contributed by atoms with Crippen LogP contribution in [0.15, 0.2) is 35.8 Å². The van der Waals surface area contributed by atoms with Crippen molar-refractivity contribution in [3.05, 3.63) is 41.5 Å². The first-order chi connectivity index (χ1) is 8.33. The second-order valence-electron chi connectivity index (χ2n) is 3.38. The Labute approximate surface area is 109 Å². The number of nitrogens with one attached hydrogen (secondary N) is 1. The molecule has 0 fully saturated rings. The van der Waals surface area contributed by atoms with Gasteiger partial charge in [-0.3, -0.25) is 4.79 Å². The van der Waals surface area contributed by atoms with Gasteiger partial charge in [-0.25, -0.2) is 4.98 Å². The molecule has 0 aliphatic carbocycles. The minimum atomic E-state index is -0.140. The summed E-state index contributed by atoms with van der Waals surface area (Å²) in [5.41, 5.74) is 3.20. The average Bonchev–Trinajstić information content (AvgIpc) is 2.86. The molecule has 0 atom stereocenters. The number of hydrogen-bond acceptors (Lipinski definition) is 4. The largest absolute Gasteiger partial charge is 0.350 e. The zero-order chi connectivity index (χ0) is 12.1. The van der Waals surface area contributed by atoms with Crippen LogP contribution in [0, 0.1) is 0 Å². The molecule has 0 bridgehead atoms. The van der Waals surface area contributed by atoms with Crippen LogP contribution in [0.4, 0.5) is 0 Å². The van der Waals surface area contributed by atoms with Gasteiger partial charge >= 0.3 is 0 Å². The molecule has 0 aliphatic rings. The maximum absolute atomic E-state index is 11.9. The molecule has 88 valence electrons. The SMILES string of the molecule is O=C(NCCS)c1ncsc1-c1ccccc1. The van der Waals surface area contributed by atoms with Crippen LogP contribution in [0.25, 0.3) is 10.4 Å². The molecule has 0 unspecified atom stereocenters. The van der Waals surface area contributed by atoms with Crippen molar-refractivity contribution in [2.45, 2.75) is 0 Å². The molecule has 0 saturated carbocycles. The standard InChI is InChI=1S/C12H12N2OS2/c15-12(13-6-7-16)10-11(17-8-14-10)9-4-2-1-3-5-9/h1-5,8,16H,6-7H2,(H,13,15). The van der Waals surface area contributed by atoms with Gasteiger partial charge in [-0.05, 0) is 5.56 Å². The summed E-state index contributed by atoms with van der Waals surface area (Å²) in [6.07, 6.45) is 0. The minimum absolute atomic E-state index is 0.140. The van der Waals surface area contributed by atoms with Crippen molar-refractivity contribution in [1.82, 2.24) is 10.3 Å². The molecule has 5 heteroatoms. The molecule has 17 heavy (non-hydrogen) atoms. The van der Waals surface area contributed by atoms with E-state index < -0.39 is 0 Å². The summed E-state index contributed by atoms with van der Waals surface area (Å²) in [5.74, 6) is 0.482. The molecular weight excluding hydrogens is 252 g/mol. The Kier molecular flexibility index (Phi) is 4.17. The van der Waals surface area contributed by atoms with E-state index in [0.29, 0.717) is 18.0 Å². The molecule has 2 rings (SSSR count). The lowest BCUT2D eigenvalue weighted by Gasteiger charge is -2.03. The van der Waals surface area contributed by atoms with Crippen LogP contribution in [0.1, 0.15) is 10.5 Å². The summed E-state index contributed by atoms with van der Waals surface area (Å²) in [4.78, 5) is 16.9. The summed E-state index contributed by atoms with van der Waals surface area (Å²) in [6.45, 7) is 0.549. The number of aromatic nitrogens is 1. The fourth-order valence-corrected chi connectivity index (χ4v) is 2.36. The zero-order valence-electron chi connectivity index (χ0n) is 9.09. The van der Waals surface area contributed by atoms with Crippen LogP contribution in [-0.4, -0.2) is 23.2 Å². The van der Waals surface area contributed by atoms with Crippen molar-refractivity contribution in [2.75, 3.05) is 12.3 Å². The monoisotopic (exact) mass is 264 g/mol. The summed E-state index contributed by atoms with van der Waals surface area (Å²) in [7, 11) is 0. The lowest BCUT2D eigenvalue weighted by atomic mass is 10.1. The second kappa shape index (κ2) is 5.84. The van der Waals surface area contributed by atoms with Gasteiger partial charge in [-0.2, -0.15) is 12.6 Å². The van der Waals surface area contributed by atoms with E-state index in [9.17, 15) is 4.79 Å². The second-order valence-corrected chi connectivity index (χ2v) is 4.68. The number of carbonyl (C=O) groups is 1. The number of benzene rings is 1. The molecule has 1 N–H and O–H groups in total. The van der Waals surface area contributed by atoms with Gasteiger partial charge in [0.25, 0.3) is 5.91 Å². The molecule has 1 heterocycles. The van der Waals surface area contributed by atoms with Crippen molar-refractivity contribution in [2.24, 2.45) is 0 Å². The minimum Gasteiger partial charge on any atom is -0.350 e. The summed E-state index contributed by atoms with van der Waals surface area (Å²) < 4.78 is 0. The van der Waals surface area contributed by atoms with Gasteiger partial charge in [0.2, 0.25) is 0 Å². The number of hydrogen-bond donors (Lipinski definition) is 2. The first-order valence-electron chi connectivity index (χ1n) is 5.21. The Hall–Kier alpha value is -1.33. The van der Waals surface area contributed by atoms with E-state index in [1.165, 1.54) is 11.3 Å². The predicted molar refractivity (Wildman–Crippen MR) is 73.7 cm³/mol. The van der Waals surface area contributed by atoms with Crippen LogP contribution < -0.4 is 5.32 Å².